The van der Waals surface area contributed by atoms with Crippen LogP contribution >= 0.6 is 0 Å². The third-order valence-electron chi connectivity index (χ3n) is 3.62. The fourth-order valence-corrected chi connectivity index (χ4v) is 2.33. The fraction of sp³-hybridized carbons (Fsp3) is 0.125. The van der Waals surface area contributed by atoms with E-state index in [1.54, 1.807) is 36.4 Å². The normalized spacial score (nSPS) is 10.8. The van der Waals surface area contributed by atoms with Crippen molar-refractivity contribution in [3.05, 3.63) is 53.1 Å². The minimum absolute atomic E-state index is 0.185. The quantitative estimate of drug-likeness (QED) is 0.594. The number of aryl methyl sites for hydroxylation is 1. The number of carbonyl (C=O) groups is 1. The van der Waals surface area contributed by atoms with Gasteiger partial charge in [0.2, 0.25) is 0 Å². The molecule has 22 heavy (non-hydrogen) atoms. The van der Waals surface area contributed by atoms with E-state index in [1.807, 2.05) is 6.92 Å². The van der Waals surface area contributed by atoms with Crippen LogP contribution in [0.2, 0.25) is 0 Å². The number of H-pyrrole nitrogens is 1. The third-order valence-corrected chi connectivity index (χ3v) is 3.62. The van der Waals surface area contributed by atoms with Crippen molar-refractivity contribution in [2.75, 3.05) is 5.73 Å². The van der Waals surface area contributed by atoms with Gasteiger partial charge in [-0.15, -0.1) is 0 Å². The molecule has 0 aliphatic carbocycles. The van der Waals surface area contributed by atoms with Gasteiger partial charge in [-0.3, -0.25) is 9.89 Å². The Kier molecular flexibility index (Phi) is 3.42. The standard InChI is InChI=1S/C16H16N4O2/c1-9-6-12(21)4-2-11(9)8-18-16(22)10-3-5-14-13(7-10)15(17)20-19-14/h2-7,21H,8H2,1H3,(H,18,22)(H3,17,19,20). The molecular weight excluding hydrogens is 280 g/mol. The monoisotopic (exact) mass is 296 g/mol. The van der Waals surface area contributed by atoms with E-state index in [0.717, 1.165) is 22.0 Å². The van der Waals surface area contributed by atoms with Gasteiger partial charge >= 0.3 is 0 Å². The molecule has 1 aromatic heterocycles. The number of anilines is 1. The maximum absolute atomic E-state index is 12.2. The first-order chi connectivity index (χ1) is 10.5. The lowest BCUT2D eigenvalue weighted by Gasteiger charge is -2.08. The molecule has 2 aromatic carbocycles. The molecule has 6 nitrogen and oxygen atoms in total. The summed E-state index contributed by atoms with van der Waals surface area (Å²) in [5.41, 5.74) is 8.95. The Morgan fingerprint density at radius 3 is 2.91 bits per heavy atom. The molecule has 0 atom stereocenters. The average Bonchev–Trinajstić information content (AvgIpc) is 2.87. The number of nitrogens with zero attached hydrogens (tertiary/aromatic N) is 1. The number of nitrogen functional groups attached to an aromatic ring is 1. The van der Waals surface area contributed by atoms with Gasteiger partial charge < -0.3 is 16.2 Å². The summed E-state index contributed by atoms with van der Waals surface area (Å²) in [5.74, 6) is 0.405. The number of rotatable bonds is 3. The number of phenols is 1. The summed E-state index contributed by atoms with van der Waals surface area (Å²) in [6, 6.07) is 10.3. The van der Waals surface area contributed by atoms with E-state index >= 15 is 0 Å². The van der Waals surface area contributed by atoms with Crippen LogP contribution in [0, 0.1) is 6.92 Å². The zero-order valence-electron chi connectivity index (χ0n) is 12.1. The number of amides is 1. The number of fused-ring (bicyclic) bond motifs is 1. The van der Waals surface area contributed by atoms with Crippen LogP contribution in [0.15, 0.2) is 36.4 Å². The summed E-state index contributed by atoms with van der Waals surface area (Å²) >= 11 is 0. The molecule has 0 bridgehead atoms. The predicted molar refractivity (Wildman–Crippen MR) is 84.5 cm³/mol. The number of aromatic nitrogens is 2. The van der Waals surface area contributed by atoms with Crippen LogP contribution in [0.5, 0.6) is 5.75 Å². The van der Waals surface area contributed by atoms with Gasteiger partial charge in [-0.25, -0.2) is 0 Å². The second-order valence-electron chi connectivity index (χ2n) is 5.16. The predicted octanol–water partition coefficient (Wildman–Crippen LogP) is 2.09. The van der Waals surface area contributed by atoms with Crippen molar-refractivity contribution in [1.82, 2.24) is 15.5 Å². The topological polar surface area (TPSA) is 104 Å². The van der Waals surface area contributed by atoms with Gasteiger partial charge in [0.15, 0.2) is 5.82 Å². The van der Waals surface area contributed by atoms with Crippen LogP contribution in [0.25, 0.3) is 10.9 Å². The Labute approximate surface area is 127 Å². The second-order valence-corrected chi connectivity index (χ2v) is 5.16. The summed E-state index contributed by atoms with van der Waals surface area (Å²) in [4.78, 5) is 12.2. The lowest BCUT2D eigenvalue weighted by Crippen LogP contribution is -2.23. The molecule has 1 heterocycles. The van der Waals surface area contributed by atoms with Crippen molar-refractivity contribution in [3.8, 4) is 5.75 Å². The summed E-state index contributed by atoms with van der Waals surface area (Å²) in [5, 5.41) is 19.7. The molecule has 6 heteroatoms. The maximum atomic E-state index is 12.2. The lowest BCUT2D eigenvalue weighted by molar-refractivity contribution is 0.0951. The molecule has 112 valence electrons. The van der Waals surface area contributed by atoms with E-state index in [9.17, 15) is 9.90 Å². The Bertz CT molecular complexity index is 854. The van der Waals surface area contributed by atoms with Crippen molar-refractivity contribution < 1.29 is 9.90 Å². The highest BCUT2D eigenvalue weighted by molar-refractivity contribution is 6.00. The molecule has 0 spiro atoms. The van der Waals surface area contributed by atoms with Crippen molar-refractivity contribution in [2.24, 2.45) is 0 Å². The number of nitrogens with one attached hydrogen (secondary N) is 2. The van der Waals surface area contributed by atoms with Gasteiger partial charge in [-0.05, 0) is 48.4 Å². The first-order valence-electron chi connectivity index (χ1n) is 6.85. The van der Waals surface area contributed by atoms with Gasteiger partial charge in [0.1, 0.15) is 5.75 Å². The summed E-state index contributed by atoms with van der Waals surface area (Å²) in [6.45, 7) is 2.28. The Morgan fingerprint density at radius 2 is 2.14 bits per heavy atom. The van der Waals surface area contributed by atoms with Crippen LogP contribution < -0.4 is 11.1 Å². The molecule has 3 aromatic rings. The van der Waals surface area contributed by atoms with Crippen LogP contribution in [0.3, 0.4) is 0 Å². The molecule has 5 N–H and O–H groups in total. The van der Waals surface area contributed by atoms with Gasteiger partial charge in [0, 0.05) is 17.5 Å². The smallest absolute Gasteiger partial charge is 0.251 e. The Morgan fingerprint density at radius 1 is 1.32 bits per heavy atom. The third kappa shape index (κ3) is 2.58. The number of nitrogens with two attached hydrogens (primary N) is 1. The van der Waals surface area contributed by atoms with Gasteiger partial charge in [0.25, 0.3) is 5.91 Å². The number of aromatic hydroxyl groups is 1. The molecule has 0 aliphatic heterocycles. The van der Waals surface area contributed by atoms with Crippen molar-refractivity contribution in [3.63, 3.8) is 0 Å². The van der Waals surface area contributed by atoms with Crippen molar-refractivity contribution >= 4 is 22.6 Å². The molecule has 0 fully saturated rings. The van der Waals surface area contributed by atoms with Crippen LogP contribution in [-0.2, 0) is 6.54 Å². The van der Waals surface area contributed by atoms with E-state index in [1.165, 1.54) is 0 Å². The number of benzene rings is 2. The molecule has 0 radical (unpaired) electrons. The SMILES string of the molecule is Cc1cc(O)ccc1CNC(=O)c1ccc2[nH]nc(N)c2c1. The van der Waals surface area contributed by atoms with Crippen LogP contribution in [0.1, 0.15) is 21.5 Å². The number of aromatic amines is 1. The van der Waals surface area contributed by atoms with Crippen LogP contribution in [-0.4, -0.2) is 21.2 Å². The second kappa shape index (κ2) is 5.40. The highest BCUT2D eigenvalue weighted by Crippen LogP contribution is 2.19. The molecule has 0 saturated carbocycles. The molecule has 1 amide bonds. The fourth-order valence-electron chi connectivity index (χ4n) is 2.33. The zero-order chi connectivity index (χ0) is 15.7. The van der Waals surface area contributed by atoms with E-state index in [2.05, 4.69) is 15.5 Å². The van der Waals surface area contributed by atoms with Gasteiger partial charge in [-0.2, -0.15) is 5.10 Å². The minimum atomic E-state index is -0.185. The average molecular weight is 296 g/mol. The summed E-state index contributed by atoms with van der Waals surface area (Å²) in [6.07, 6.45) is 0. The number of phenolic OH excluding ortho intramolecular Hbond substituents is 1. The van der Waals surface area contributed by atoms with Crippen molar-refractivity contribution in [1.29, 1.82) is 0 Å². The van der Waals surface area contributed by atoms with E-state index < -0.39 is 0 Å². The Hall–Kier alpha value is -3.02. The lowest BCUT2D eigenvalue weighted by atomic mass is 10.1. The first kappa shape index (κ1) is 13.9. The van der Waals surface area contributed by atoms with E-state index in [4.69, 9.17) is 5.73 Å². The van der Waals surface area contributed by atoms with E-state index in [0.29, 0.717) is 17.9 Å². The first-order valence-corrected chi connectivity index (χ1v) is 6.85. The maximum Gasteiger partial charge on any atom is 0.251 e. The summed E-state index contributed by atoms with van der Waals surface area (Å²) in [7, 11) is 0. The number of carbonyl (C=O) groups excluding carboxylic acids is 1. The molecule has 3 rings (SSSR count). The highest BCUT2D eigenvalue weighted by Gasteiger charge is 2.10. The minimum Gasteiger partial charge on any atom is -0.508 e. The molecule has 0 aliphatic rings. The number of hydrogen-bond acceptors (Lipinski definition) is 4. The summed E-state index contributed by atoms with van der Waals surface area (Å²) < 4.78 is 0. The molecule has 0 unspecified atom stereocenters. The zero-order valence-corrected chi connectivity index (χ0v) is 12.1. The highest BCUT2D eigenvalue weighted by atomic mass is 16.3. The van der Waals surface area contributed by atoms with Crippen molar-refractivity contribution in [2.45, 2.75) is 13.5 Å². The van der Waals surface area contributed by atoms with Gasteiger partial charge in [-0.1, -0.05) is 6.07 Å². The number of hydrogen-bond donors (Lipinski definition) is 4. The van der Waals surface area contributed by atoms with Gasteiger partial charge in [0.05, 0.1) is 5.52 Å². The molecule has 0 saturated heterocycles. The Balaban J connectivity index is 1.76. The van der Waals surface area contributed by atoms with Crippen LogP contribution in [0.4, 0.5) is 5.82 Å². The van der Waals surface area contributed by atoms with E-state index in [-0.39, 0.29) is 11.7 Å². The largest absolute Gasteiger partial charge is 0.508 e. The molecular formula is C16H16N4O2.